The number of nitrogens with one attached hydrogen (secondary N) is 1. The van der Waals surface area contributed by atoms with Crippen LogP contribution >= 0.6 is 0 Å². The van der Waals surface area contributed by atoms with Crippen LogP contribution in [0, 0.1) is 12.8 Å². The first-order valence-corrected chi connectivity index (χ1v) is 10.3. The van der Waals surface area contributed by atoms with Gasteiger partial charge in [0.05, 0.1) is 20.1 Å². The predicted molar refractivity (Wildman–Crippen MR) is 119 cm³/mol. The van der Waals surface area contributed by atoms with Crippen LogP contribution in [-0.2, 0) is 9.59 Å². The van der Waals surface area contributed by atoms with E-state index in [1.54, 1.807) is 25.2 Å². The molecule has 0 bridgehead atoms. The SMILES string of the molecule is CC[C@@H](C)c1ccccc1N1C[C@@H](C(=O)Nc2cc(OC)c(OC)cc2C)CC1=O. The minimum atomic E-state index is -0.407. The second kappa shape index (κ2) is 9.20. The number of nitrogens with zero attached hydrogens (tertiary/aromatic N) is 1. The smallest absolute Gasteiger partial charge is 0.229 e. The number of hydrogen-bond donors (Lipinski definition) is 1. The molecule has 30 heavy (non-hydrogen) atoms. The second-order valence-corrected chi connectivity index (χ2v) is 7.78. The number of carbonyl (C=O) groups is 2. The largest absolute Gasteiger partial charge is 0.493 e. The zero-order valence-electron chi connectivity index (χ0n) is 18.3. The van der Waals surface area contributed by atoms with E-state index in [1.807, 2.05) is 31.2 Å². The van der Waals surface area contributed by atoms with E-state index in [9.17, 15) is 9.59 Å². The highest BCUT2D eigenvalue weighted by molar-refractivity contribution is 6.04. The Morgan fingerprint density at radius 2 is 1.87 bits per heavy atom. The van der Waals surface area contributed by atoms with E-state index in [-0.39, 0.29) is 18.2 Å². The van der Waals surface area contributed by atoms with Crippen LogP contribution in [0.2, 0.25) is 0 Å². The van der Waals surface area contributed by atoms with Crippen LogP contribution in [-0.4, -0.2) is 32.6 Å². The Morgan fingerprint density at radius 1 is 1.20 bits per heavy atom. The van der Waals surface area contributed by atoms with E-state index >= 15 is 0 Å². The average Bonchev–Trinajstić information content (AvgIpc) is 3.15. The Labute approximate surface area is 178 Å². The molecule has 0 aromatic heterocycles. The van der Waals surface area contributed by atoms with Crippen molar-refractivity contribution < 1.29 is 19.1 Å². The standard InChI is InChI=1S/C24H30N2O4/c1-6-15(2)18-9-7-8-10-20(18)26-14-17(12-23(26)27)24(28)25-19-13-22(30-5)21(29-4)11-16(19)3/h7-11,13,15,17H,6,12,14H2,1-5H3,(H,25,28)/t15-,17+/m1/s1. The lowest BCUT2D eigenvalue weighted by Crippen LogP contribution is -2.29. The summed E-state index contributed by atoms with van der Waals surface area (Å²) in [6.07, 6.45) is 1.19. The molecular formula is C24H30N2O4. The number of hydrogen-bond acceptors (Lipinski definition) is 4. The monoisotopic (exact) mass is 410 g/mol. The molecule has 2 aromatic carbocycles. The van der Waals surface area contributed by atoms with Gasteiger partial charge in [-0.1, -0.05) is 32.0 Å². The van der Waals surface area contributed by atoms with Crippen molar-refractivity contribution in [2.24, 2.45) is 5.92 Å². The van der Waals surface area contributed by atoms with Gasteiger partial charge in [-0.15, -0.1) is 0 Å². The molecule has 1 aliphatic heterocycles. The van der Waals surface area contributed by atoms with Gasteiger partial charge in [-0.25, -0.2) is 0 Å². The van der Waals surface area contributed by atoms with Crippen molar-refractivity contribution in [3.05, 3.63) is 47.5 Å². The molecular weight excluding hydrogens is 380 g/mol. The quantitative estimate of drug-likeness (QED) is 0.729. The highest BCUT2D eigenvalue weighted by Crippen LogP contribution is 2.35. The number of benzene rings is 2. The maximum Gasteiger partial charge on any atom is 0.229 e. The van der Waals surface area contributed by atoms with Crippen molar-refractivity contribution in [2.75, 3.05) is 31.0 Å². The van der Waals surface area contributed by atoms with Crippen molar-refractivity contribution in [1.82, 2.24) is 0 Å². The minimum Gasteiger partial charge on any atom is -0.493 e. The first-order valence-electron chi connectivity index (χ1n) is 10.3. The van der Waals surface area contributed by atoms with E-state index in [0.717, 1.165) is 23.2 Å². The molecule has 1 aliphatic rings. The summed E-state index contributed by atoms with van der Waals surface area (Å²) in [5.41, 5.74) is 3.58. The van der Waals surface area contributed by atoms with Gasteiger partial charge in [-0.3, -0.25) is 9.59 Å². The van der Waals surface area contributed by atoms with E-state index < -0.39 is 5.92 Å². The first-order chi connectivity index (χ1) is 14.4. The summed E-state index contributed by atoms with van der Waals surface area (Å²) in [7, 11) is 3.13. The van der Waals surface area contributed by atoms with Gasteiger partial charge in [0.1, 0.15) is 0 Å². The molecule has 2 aromatic rings. The van der Waals surface area contributed by atoms with Crippen molar-refractivity contribution in [2.45, 2.75) is 39.5 Å². The van der Waals surface area contributed by atoms with Gasteiger partial charge in [0.15, 0.2) is 11.5 Å². The number of ether oxygens (including phenoxy) is 2. The second-order valence-electron chi connectivity index (χ2n) is 7.78. The van der Waals surface area contributed by atoms with E-state index in [4.69, 9.17) is 9.47 Å². The molecule has 1 saturated heterocycles. The van der Waals surface area contributed by atoms with Crippen LogP contribution in [0.4, 0.5) is 11.4 Å². The number of para-hydroxylation sites is 1. The Bertz CT molecular complexity index is 941. The van der Waals surface area contributed by atoms with Gasteiger partial charge in [0.25, 0.3) is 0 Å². The maximum absolute atomic E-state index is 13.0. The number of amides is 2. The fourth-order valence-electron chi connectivity index (χ4n) is 3.84. The Balaban J connectivity index is 1.78. The molecule has 1 fully saturated rings. The maximum atomic E-state index is 13.0. The molecule has 160 valence electrons. The van der Waals surface area contributed by atoms with Crippen LogP contribution in [0.3, 0.4) is 0 Å². The van der Waals surface area contributed by atoms with Crippen LogP contribution in [0.25, 0.3) is 0 Å². The number of rotatable bonds is 7. The highest BCUT2D eigenvalue weighted by atomic mass is 16.5. The van der Waals surface area contributed by atoms with Gasteiger partial charge < -0.3 is 19.7 Å². The summed E-state index contributed by atoms with van der Waals surface area (Å²) in [5.74, 6) is 0.908. The van der Waals surface area contributed by atoms with Crippen LogP contribution in [0.5, 0.6) is 11.5 Å². The third-order valence-corrected chi connectivity index (χ3v) is 5.86. The van der Waals surface area contributed by atoms with Crippen molar-refractivity contribution in [3.8, 4) is 11.5 Å². The predicted octanol–water partition coefficient (Wildman–Crippen LogP) is 4.52. The van der Waals surface area contributed by atoms with Crippen LogP contribution in [0.15, 0.2) is 36.4 Å². The number of anilines is 2. The minimum absolute atomic E-state index is 0.0186. The van der Waals surface area contributed by atoms with Crippen molar-refractivity contribution >= 4 is 23.2 Å². The Morgan fingerprint density at radius 3 is 2.53 bits per heavy atom. The lowest BCUT2D eigenvalue weighted by molar-refractivity contribution is -0.122. The highest BCUT2D eigenvalue weighted by Gasteiger charge is 2.36. The Hall–Kier alpha value is -3.02. The molecule has 0 unspecified atom stereocenters. The van der Waals surface area contributed by atoms with Gasteiger partial charge in [-0.05, 0) is 42.5 Å². The van der Waals surface area contributed by atoms with Gasteiger partial charge >= 0.3 is 0 Å². The summed E-state index contributed by atoms with van der Waals surface area (Å²) < 4.78 is 10.6. The van der Waals surface area contributed by atoms with Gasteiger partial charge in [0, 0.05) is 30.4 Å². The average molecular weight is 411 g/mol. The molecule has 1 N–H and O–H groups in total. The van der Waals surface area contributed by atoms with Crippen molar-refractivity contribution in [3.63, 3.8) is 0 Å². The molecule has 6 heteroatoms. The fraction of sp³-hybridized carbons (Fsp3) is 0.417. The molecule has 6 nitrogen and oxygen atoms in total. The molecule has 3 rings (SSSR count). The normalized spacial score (nSPS) is 17.0. The lowest BCUT2D eigenvalue weighted by atomic mass is 9.96. The fourth-order valence-corrected chi connectivity index (χ4v) is 3.84. The molecule has 0 spiro atoms. The first kappa shape index (κ1) is 21.7. The van der Waals surface area contributed by atoms with Gasteiger partial charge in [-0.2, -0.15) is 0 Å². The lowest BCUT2D eigenvalue weighted by Gasteiger charge is -2.23. The molecule has 1 heterocycles. The number of aryl methyl sites for hydroxylation is 1. The van der Waals surface area contributed by atoms with Crippen molar-refractivity contribution in [1.29, 1.82) is 0 Å². The summed E-state index contributed by atoms with van der Waals surface area (Å²) >= 11 is 0. The van der Waals surface area contributed by atoms with Crippen LogP contribution in [0.1, 0.15) is 43.7 Å². The summed E-state index contributed by atoms with van der Waals surface area (Å²) in [6, 6.07) is 11.5. The number of carbonyl (C=O) groups excluding carboxylic acids is 2. The van der Waals surface area contributed by atoms with E-state index in [2.05, 4.69) is 25.2 Å². The van der Waals surface area contributed by atoms with E-state index in [1.165, 1.54) is 0 Å². The summed E-state index contributed by atoms with van der Waals surface area (Å²) in [6.45, 7) is 6.56. The third-order valence-electron chi connectivity index (χ3n) is 5.86. The van der Waals surface area contributed by atoms with E-state index in [0.29, 0.717) is 29.6 Å². The zero-order valence-corrected chi connectivity index (χ0v) is 18.3. The molecule has 0 aliphatic carbocycles. The van der Waals surface area contributed by atoms with Crippen LogP contribution < -0.4 is 19.7 Å². The summed E-state index contributed by atoms with van der Waals surface area (Å²) in [5, 5.41) is 2.97. The Kier molecular flexibility index (Phi) is 6.65. The summed E-state index contributed by atoms with van der Waals surface area (Å²) in [4.78, 5) is 27.5. The topological polar surface area (TPSA) is 67.9 Å². The third kappa shape index (κ3) is 4.27. The molecule has 2 atom stereocenters. The molecule has 0 radical (unpaired) electrons. The molecule has 2 amide bonds. The number of methoxy groups -OCH3 is 2. The zero-order chi connectivity index (χ0) is 21.8. The van der Waals surface area contributed by atoms with Gasteiger partial charge in [0.2, 0.25) is 11.8 Å². The molecule has 0 saturated carbocycles.